The summed E-state index contributed by atoms with van der Waals surface area (Å²) < 4.78 is 16.9. The number of β-lactam (4-membered cyclic amide) rings is 1. The lowest BCUT2D eigenvalue weighted by molar-refractivity contribution is -0.154. The number of ether oxygens (including phenoxy) is 3. The predicted molar refractivity (Wildman–Crippen MR) is 168 cm³/mol. The first kappa shape index (κ1) is 34.0. The first-order chi connectivity index (χ1) is 21.7. The van der Waals surface area contributed by atoms with Gasteiger partial charge in [-0.2, -0.15) is 0 Å². The van der Waals surface area contributed by atoms with Crippen molar-refractivity contribution < 1.29 is 48.1 Å². The van der Waals surface area contributed by atoms with Crippen LogP contribution in [0.4, 0.5) is 11.4 Å². The number of carbonyl (C=O) groups excluding carboxylic acids is 5. The third kappa shape index (κ3) is 5.95. The van der Waals surface area contributed by atoms with Gasteiger partial charge in [0.05, 0.1) is 44.4 Å². The van der Waals surface area contributed by atoms with Crippen LogP contribution < -0.4 is 9.80 Å². The Kier molecular flexibility index (Phi) is 9.65. The minimum absolute atomic E-state index is 0.0435. The summed E-state index contributed by atoms with van der Waals surface area (Å²) in [4.78, 5) is 80.6. The molecular weight excluding hydrogens is 614 g/mol. The third-order valence-corrected chi connectivity index (χ3v) is 12.5. The SMILES string of the molecule is COC(=O)CCCCN1C(=O)[C@]2(O[C@H](CC(=O)N3CCC[C@H]3CO)[C@@H]([Si](C)(C)O)[C@@H]2C)c2cc(N3C(=O)CC3OC(C)=O)ccc21. The molecule has 0 radical (unpaired) electrons. The van der Waals surface area contributed by atoms with Crippen molar-refractivity contribution in [3.8, 4) is 0 Å². The van der Waals surface area contributed by atoms with Gasteiger partial charge in [0.15, 0.2) is 20.1 Å². The molecule has 252 valence electrons. The lowest BCUT2D eigenvalue weighted by Gasteiger charge is -2.39. The molecule has 1 aromatic rings. The number of unbranched alkanes of at least 4 members (excludes halogenated alkanes) is 1. The smallest absolute Gasteiger partial charge is 0.305 e. The van der Waals surface area contributed by atoms with E-state index in [1.807, 2.05) is 6.92 Å². The van der Waals surface area contributed by atoms with Crippen LogP contribution in [0.1, 0.15) is 64.4 Å². The van der Waals surface area contributed by atoms with E-state index in [0.29, 0.717) is 49.3 Å². The van der Waals surface area contributed by atoms with E-state index in [1.54, 1.807) is 41.1 Å². The van der Waals surface area contributed by atoms with E-state index >= 15 is 0 Å². The number of fused-ring (bicyclic) bond motifs is 2. The van der Waals surface area contributed by atoms with Crippen LogP contribution in [0.2, 0.25) is 18.6 Å². The summed E-state index contributed by atoms with van der Waals surface area (Å²) in [6.07, 6.45) is 1.16. The monoisotopic (exact) mass is 659 g/mol. The van der Waals surface area contributed by atoms with Crippen LogP contribution in [-0.4, -0.2) is 98.0 Å². The molecule has 4 heterocycles. The van der Waals surface area contributed by atoms with Gasteiger partial charge in [0.1, 0.15) is 0 Å². The summed E-state index contributed by atoms with van der Waals surface area (Å²) in [7, 11) is -1.73. The van der Waals surface area contributed by atoms with Crippen molar-refractivity contribution in [3.63, 3.8) is 0 Å². The number of methoxy groups -OCH3 is 1. The Morgan fingerprint density at radius 3 is 2.54 bits per heavy atom. The lowest BCUT2D eigenvalue weighted by atomic mass is 9.82. The Morgan fingerprint density at radius 1 is 1.17 bits per heavy atom. The fraction of sp³-hybridized carbons (Fsp3) is 0.656. The quantitative estimate of drug-likeness (QED) is 0.156. The maximum Gasteiger partial charge on any atom is 0.305 e. The van der Waals surface area contributed by atoms with Gasteiger partial charge in [0.2, 0.25) is 11.8 Å². The van der Waals surface area contributed by atoms with Crippen molar-refractivity contribution in [2.75, 3.05) is 36.6 Å². The molecule has 46 heavy (non-hydrogen) atoms. The zero-order chi connectivity index (χ0) is 33.6. The van der Waals surface area contributed by atoms with Gasteiger partial charge in [-0.05, 0) is 57.0 Å². The predicted octanol–water partition coefficient (Wildman–Crippen LogP) is 2.17. The number of rotatable bonds is 11. The van der Waals surface area contributed by atoms with Crippen molar-refractivity contribution >= 4 is 49.4 Å². The zero-order valence-electron chi connectivity index (χ0n) is 27.2. The number of aliphatic hydroxyl groups is 1. The molecule has 13 nitrogen and oxygen atoms in total. The first-order valence-electron chi connectivity index (χ1n) is 16.1. The molecule has 1 unspecified atom stereocenters. The first-order valence-corrected chi connectivity index (χ1v) is 19.1. The minimum atomic E-state index is -3.06. The maximum atomic E-state index is 14.6. The summed E-state index contributed by atoms with van der Waals surface area (Å²) >= 11 is 0. The highest BCUT2D eigenvalue weighted by Gasteiger charge is 2.66. The second-order valence-corrected chi connectivity index (χ2v) is 17.3. The zero-order valence-corrected chi connectivity index (χ0v) is 28.2. The third-order valence-electron chi connectivity index (χ3n) is 9.98. The van der Waals surface area contributed by atoms with E-state index in [0.717, 1.165) is 6.42 Å². The van der Waals surface area contributed by atoms with E-state index in [2.05, 4.69) is 0 Å². The van der Waals surface area contributed by atoms with Crippen molar-refractivity contribution in [1.82, 2.24) is 4.90 Å². The Bertz CT molecular complexity index is 1400. The second kappa shape index (κ2) is 13.0. The lowest BCUT2D eigenvalue weighted by Crippen LogP contribution is -2.55. The number of benzene rings is 1. The molecule has 3 saturated heterocycles. The molecule has 1 aromatic carbocycles. The van der Waals surface area contributed by atoms with Crippen molar-refractivity contribution in [3.05, 3.63) is 23.8 Å². The maximum absolute atomic E-state index is 14.6. The second-order valence-electron chi connectivity index (χ2n) is 13.4. The van der Waals surface area contributed by atoms with Crippen LogP contribution in [0.3, 0.4) is 0 Å². The average molecular weight is 660 g/mol. The van der Waals surface area contributed by atoms with Crippen molar-refractivity contribution in [1.29, 1.82) is 0 Å². The summed E-state index contributed by atoms with van der Waals surface area (Å²) in [6.45, 7) is 7.39. The van der Waals surface area contributed by atoms with E-state index in [4.69, 9.17) is 14.2 Å². The van der Waals surface area contributed by atoms with Crippen molar-refractivity contribution in [2.45, 2.75) is 101 Å². The number of anilines is 2. The minimum Gasteiger partial charge on any atom is -0.469 e. The van der Waals surface area contributed by atoms with Gasteiger partial charge in [0, 0.05) is 49.1 Å². The van der Waals surface area contributed by atoms with E-state index in [1.165, 1.54) is 18.9 Å². The van der Waals surface area contributed by atoms with Gasteiger partial charge in [-0.25, -0.2) is 0 Å². The Labute approximate surface area is 269 Å². The molecule has 3 amide bonds. The number of nitrogens with zero attached hydrogens (tertiary/aromatic N) is 3. The van der Waals surface area contributed by atoms with Crippen LogP contribution >= 0.6 is 0 Å². The largest absolute Gasteiger partial charge is 0.469 e. The number of amides is 3. The molecule has 0 aromatic heterocycles. The molecule has 14 heteroatoms. The molecule has 2 N–H and O–H groups in total. The molecule has 3 fully saturated rings. The summed E-state index contributed by atoms with van der Waals surface area (Å²) in [5.41, 5.74) is -0.507. The number of esters is 2. The van der Waals surface area contributed by atoms with Gasteiger partial charge in [-0.15, -0.1) is 0 Å². The fourth-order valence-electron chi connectivity index (χ4n) is 7.91. The molecular formula is C32H45N3O10Si. The Hall–Kier alpha value is -3.33. The fourth-order valence-corrected chi connectivity index (χ4v) is 10.5. The van der Waals surface area contributed by atoms with Gasteiger partial charge >= 0.3 is 11.9 Å². The molecule has 0 bridgehead atoms. The van der Waals surface area contributed by atoms with Crippen LogP contribution in [0, 0.1) is 5.92 Å². The molecule has 0 saturated carbocycles. The standard InChI is InChI=1S/C32H45N3O10Si/c1-19-30(46(4,5)42)25(16-26(38)33-14-8-9-22(33)18-36)45-32(19)23-15-21(35-27(39)17-28(35)44-20(2)37)11-12-24(23)34(31(32)41)13-7-6-10-29(40)43-3/h11-12,15,19,22,25,28,30,36,42H,6-10,13-14,16-18H2,1-5H3/t19-,22-,25+,28?,30-,32+/m0/s1. The number of hydrogen-bond donors (Lipinski definition) is 2. The average Bonchev–Trinajstić information content (AvgIpc) is 3.64. The van der Waals surface area contributed by atoms with Crippen LogP contribution in [-0.2, 0) is 43.8 Å². The van der Waals surface area contributed by atoms with Crippen LogP contribution in [0.5, 0.6) is 0 Å². The molecule has 6 atom stereocenters. The topological polar surface area (TPSA) is 163 Å². The highest BCUT2D eigenvalue weighted by atomic mass is 28.4. The molecule has 5 rings (SSSR count). The van der Waals surface area contributed by atoms with Crippen LogP contribution in [0.25, 0.3) is 0 Å². The van der Waals surface area contributed by atoms with E-state index < -0.39 is 43.7 Å². The molecule has 1 spiro atoms. The Morgan fingerprint density at radius 2 is 1.91 bits per heavy atom. The number of hydrogen-bond acceptors (Lipinski definition) is 10. The molecule has 0 aliphatic carbocycles. The summed E-state index contributed by atoms with van der Waals surface area (Å²) in [6, 6.07) is 4.90. The number of aliphatic hydroxyl groups excluding tert-OH is 1. The van der Waals surface area contributed by atoms with Gasteiger partial charge < -0.3 is 33.9 Å². The number of likely N-dealkylation sites (tertiary alicyclic amines) is 1. The van der Waals surface area contributed by atoms with Crippen molar-refractivity contribution in [2.24, 2.45) is 5.92 Å². The van der Waals surface area contributed by atoms with Gasteiger partial charge in [-0.1, -0.05) is 6.92 Å². The molecule has 4 aliphatic rings. The van der Waals surface area contributed by atoms with Crippen LogP contribution in [0.15, 0.2) is 18.2 Å². The van der Waals surface area contributed by atoms with Gasteiger partial charge in [0.25, 0.3) is 5.91 Å². The molecule has 4 aliphatic heterocycles. The van der Waals surface area contributed by atoms with E-state index in [9.17, 15) is 33.9 Å². The number of carbonyl (C=O) groups is 5. The normalized spacial score (nSPS) is 28.9. The summed E-state index contributed by atoms with van der Waals surface area (Å²) in [5.74, 6) is -2.16. The summed E-state index contributed by atoms with van der Waals surface area (Å²) in [5, 5.41) is 9.84. The Balaban J connectivity index is 1.53. The van der Waals surface area contributed by atoms with E-state index in [-0.39, 0.29) is 55.6 Å². The highest BCUT2D eigenvalue weighted by Crippen LogP contribution is 2.60. The highest BCUT2D eigenvalue weighted by molar-refractivity contribution is 6.71. The van der Waals surface area contributed by atoms with Gasteiger partial charge in [-0.3, -0.25) is 28.9 Å².